The van der Waals surface area contributed by atoms with Crippen molar-refractivity contribution in [2.45, 2.75) is 38.0 Å². The van der Waals surface area contributed by atoms with Gasteiger partial charge in [-0.2, -0.15) is 0 Å². The average Bonchev–Trinajstić information content (AvgIpc) is 2.80. The van der Waals surface area contributed by atoms with Gasteiger partial charge in [0.15, 0.2) is 0 Å². The van der Waals surface area contributed by atoms with Crippen LogP contribution in [-0.4, -0.2) is 41.7 Å². The fourth-order valence-electron chi connectivity index (χ4n) is 2.47. The van der Waals surface area contributed by atoms with Crippen LogP contribution in [0.2, 0.25) is 0 Å². The Bertz CT molecular complexity index is 349. The van der Waals surface area contributed by atoms with Gasteiger partial charge in [-0.3, -0.25) is 0 Å². The minimum Gasteiger partial charge on any atom is -0.396 e. The van der Waals surface area contributed by atoms with Gasteiger partial charge >= 0.3 is 0 Å². The summed E-state index contributed by atoms with van der Waals surface area (Å²) >= 11 is 1.71. The highest BCUT2D eigenvalue weighted by atomic mass is 32.1. The number of aromatic nitrogens is 1. The Hall–Kier alpha value is -0.450. The number of hydrogen-bond donors (Lipinski definition) is 1. The zero-order valence-electron chi connectivity index (χ0n) is 10.7. The van der Waals surface area contributed by atoms with Gasteiger partial charge in [0, 0.05) is 23.8 Å². The van der Waals surface area contributed by atoms with Crippen LogP contribution >= 0.6 is 11.3 Å². The summed E-state index contributed by atoms with van der Waals surface area (Å²) in [5, 5.41) is 12.6. The molecule has 3 nitrogen and oxygen atoms in total. The highest BCUT2D eigenvalue weighted by Gasteiger charge is 2.22. The molecule has 1 aliphatic heterocycles. The SMILES string of the molecule is CCC(CO)c1nc(C2CCCN(C)C2)cs1. The molecule has 1 saturated heterocycles. The number of piperidine rings is 1. The van der Waals surface area contributed by atoms with E-state index >= 15 is 0 Å². The van der Waals surface area contributed by atoms with Crippen molar-refractivity contribution in [3.8, 4) is 0 Å². The van der Waals surface area contributed by atoms with E-state index in [1.54, 1.807) is 11.3 Å². The molecule has 17 heavy (non-hydrogen) atoms. The Morgan fingerprint density at radius 1 is 1.65 bits per heavy atom. The Balaban J connectivity index is 2.06. The number of aliphatic hydroxyl groups is 1. The first-order chi connectivity index (χ1) is 8.24. The van der Waals surface area contributed by atoms with Crippen LogP contribution in [0.3, 0.4) is 0 Å². The Morgan fingerprint density at radius 3 is 3.12 bits per heavy atom. The Kier molecular flexibility index (Phi) is 4.54. The summed E-state index contributed by atoms with van der Waals surface area (Å²) in [5.74, 6) is 0.824. The van der Waals surface area contributed by atoms with Crippen molar-refractivity contribution >= 4 is 11.3 Å². The summed E-state index contributed by atoms with van der Waals surface area (Å²) in [5.41, 5.74) is 1.24. The second-order valence-electron chi connectivity index (χ2n) is 5.00. The van der Waals surface area contributed by atoms with Gasteiger partial charge in [0.2, 0.25) is 0 Å². The largest absolute Gasteiger partial charge is 0.396 e. The number of aliphatic hydroxyl groups excluding tert-OH is 1. The molecule has 2 rings (SSSR count). The van der Waals surface area contributed by atoms with Crippen molar-refractivity contribution in [3.63, 3.8) is 0 Å². The molecule has 0 radical (unpaired) electrons. The first-order valence-corrected chi connectivity index (χ1v) is 7.37. The minimum absolute atomic E-state index is 0.216. The fraction of sp³-hybridized carbons (Fsp3) is 0.769. The lowest BCUT2D eigenvalue weighted by Gasteiger charge is -2.28. The molecule has 1 N–H and O–H groups in total. The molecule has 0 aliphatic carbocycles. The lowest BCUT2D eigenvalue weighted by molar-refractivity contribution is 0.247. The molecule has 2 heterocycles. The van der Waals surface area contributed by atoms with Crippen LogP contribution < -0.4 is 0 Å². The molecule has 0 aromatic carbocycles. The van der Waals surface area contributed by atoms with E-state index in [2.05, 4.69) is 24.3 Å². The average molecular weight is 254 g/mol. The van der Waals surface area contributed by atoms with Crippen LogP contribution in [0.15, 0.2) is 5.38 Å². The van der Waals surface area contributed by atoms with E-state index in [1.807, 2.05) is 0 Å². The second kappa shape index (κ2) is 5.94. The number of likely N-dealkylation sites (tertiary alicyclic amines) is 1. The topological polar surface area (TPSA) is 36.4 Å². The van der Waals surface area contributed by atoms with E-state index in [0.717, 1.165) is 18.0 Å². The molecule has 4 heteroatoms. The van der Waals surface area contributed by atoms with E-state index in [-0.39, 0.29) is 12.5 Å². The van der Waals surface area contributed by atoms with Crippen LogP contribution in [0.1, 0.15) is 48.7 Å². The molecular weight excluding hydrogens is 232 g/mol. The van der Waals surface area contributed by atoms with E-state index in [0.29, 0.717) is 5.92 Å². The van der Waals surface area contributed by atoms with Crippen LogP contribution in [-0.2, 0) is 0 Å². The number of hydrogen-bond acceptors (Lipinski definition) is 4. The minimum atomic E-state index is 0.216. The van der Waals surface area contributed by atoms with Gasteiger partial charge in [-0.15, -0.1) is 11.3 Å². The summed E-state index contributed by atoms with van der Waals surface area (Å²) in [4.78, 5) is 7.13. The molecule has 2 unspecified atom stereocenters. The standard InChI is InChI=1S/C13H22N2OS/c1-3-10(8-16)13-14-12(9-17-13)11-5-4-6-15(2)7-11/h9-11,16H,3-8H2,1-2H3. The van der Waals surface area contributed by atoms with Crippen molar-refractivity contribution in [2.24, 2.45) is 0 Å². The monoisotopic (exact) mass is 254 g/mol. The lowest BCUT2D eigenvalue weighted by atomic mass is 9.96. The van der Waals surface area contributed by atoms with E-state index in [1.165, 1.54) is 25.1 Å². The van der Waals surface area contributed by atoms with Gasteiger partial charge in [-0.05, 0) is 32.9 Å². The number of thiazole rings is 1. The maximum atomic E-state index is 9.30. The zero-order chi connectivity index (χ0) is 12.3. The predicted octanol–water partition coefficient (Wildman–Crippen LogP) is 2.44. The predicted molar refractivity (Wildman–Crippen MR) is 71.7 cm³/mol. The molecular formula is C13H22N2OS. The maximum Gasteiger partial charge on any atom is 0.0982 e. The van der Waals surface area contributed by atoms with Crippen molar-refractivity contribution < 1.29 is 5.11 Å². The summed E-state index contributed by atoms with van der Waals surface area (Å²) in [6.45, 7) is 4.66. The third-order valence-corrected chi connectivity index (χ3v) is 4.67. The zero-order valence-corrected chi connectivity index (χ0v) is 11.5. The third kappa shape index (κ3) is 3.06. The molecule has 0 bridgehead atoms. The van der Waals surface area contributed by atoms with Crippen molar-refractivity contribution in [2.75, 3.05) is 26.7 Å². The van der Waals surface area contributed by atoms with Crippen molar-refractivity contribution in [1.29, 1.82) is 0 Å². The molecule has 0 spiro atoms. The van der Waals surface area contributed by atoms with Crippen LogP contribution in [0.25, 0.3) is 0 Å². The molecule has 1 aromatic heterocycles. The van der Waals surface area contributed by atoms with Crippen molar-refractivity contribution in [3.05, 3.63) is 16.1 Å². The van der Waals surface area contributed by atoms with Gasteiger partial charge in [0.25, 0.3) is 0 Å². The smallest absolute Gasteiger partial charge is 0.0982 e. The molecule has 2 atom stereocenters. The van der Waals surface area contributed by atoms with Crippen LogP contribution in [0.4, 0.5) is 0 Å². The Labute approximate surface area is 107 Å². The van der Waals surface area contributed by atoms with Gasteiger partial charge in [0.05, 0.1) is 17.3 Å². The van der Waals surface area contributed by atoms with Crippen LogP contribution in [0, 0.1) is 0 Å². The van der Waals surface area contributed by atoms with E-state index in [4.69, 9.17) is 4.98 Å². The molecule has 0 saturated carbocycles. The highest BCUT2D eigenvalue weighted by Crippen LogP contribution is 2.30. The van der Waals surface area contributed by atoms with Crippen LogP contribution in [0.5, 0.6) is 0 Å². The Morgan fingerprint density at radius 2 is 2.47 bits per heavy atom. The molecule has 1 aliphatic rings. The second-order valence-corrected chi connectivity index (χ2v) is 5.89. The molecule has 96 valence electrons. The molecule has 1 aromatic rings. The van der Waals surface area contributed by atoms with Crippen molar-refractivity contribution in [1.82, 2.24) is 9.88 Å². The summed E-state index contributed by atoms with van der Waals surface area (Å²) < 4.78 is 0. The first kappa shape index (κ1) is 13.0. The van der Waals surface area contributed by atoms with E-state index in [9.17, 15) is 5.11 Å². The van der Waals surface area contributed by atoms with E-state index < -0.39 is 0 Å². The number of rotatable bonds is 4. The van der Waals surface area contributed by atoms with Gasteiger partial charge < -0.3 is 10.0 Å². The first-order valence-electron chi connectivity index (χ1n) is 6.49. The quantitative estimate of drug-likeness (QED) is 0.896. The van der Waals surface area contributed by atoms with Gasteiger partial charge in [0.1, 0.15) is 0 Å². The molecule has 1 fully saturated rings. The third-order valence-electron chi connectivity index (χ3n) is 3.64. The van der Waals surface area contributed by atoms with Gasteiger partial charge in [-0.1, -0.05) is 6.92 Å². The maximum absolute atomic E-state index is 9.30. The van der Waals surface area contributed by atoms with Gasteiger partial charge in [-0.25, -0.2) is 4.98 Å². The summed E-state index contributed by atoms with van der Waals surface area (Å²) in [6.07, 6.45) is 3.49. The fourth-order valence-corrected chi connectivity index (χ4v) is 3.54. The number of nitrogens with zero attached hydrogens (tertiary/aromatic N) is 2. The normalized spacial score (nSPS) is 23.8. The summed E-state index contributed by atoms with van der Waals surface area (Å²) in [6, 6.07) is 0. The number of likely N-dealkylation sites (N-methyl/N-ethyl adjacent to an activating group) is 1. The lowest BCUT2D eigenvalue weighted by Crippen LogP contribution is -2.30. The molecule has 0 amide bonds. The highest BCUT2D eigenvalue weighted by molar-refractivity contribution is 7.09. The summed E-state index contributed by atoms with van der Waals surface area (Å²) in [7, 11) is 2.18.